The zero-order valence-corrected chi connectivity index (χ0v) is 16.7. The Balaban J connectivity index is 1.86. The average molecular weight is 431 g/mol. The van der Waals surface area contributed by atoms with Gasteiger partial charge in [0.25, 0.3) is 11.8 Å². The van der Waals surface area contributed by atoms with E-state index < -0.39 is 23.9 Å². The number of hydrogen-bond acceptors (Lipinski definition) is 5. The lowest BCUT2D eigenvalue weighted by Crippen LogP contribution is -2.54. The van der Waals surface area contributed by atoms with Gasteiger partial charge in [-0.15, -0.1) is 0 Å². The third kappa shape index (κ3) is 4.61. The SMILES string of the molecule is C[C@@H](Oc1ccc(/C=C2\C(=O)NC(=S)N(c3ccc(Cl)cc3)C2=O)cc1)C(=O)O. The number of nitrogens with one attached hydrogen (secondary N) is 1. The second-order valence-electron chi connectivity index (χ2n) is 6.10. The van der Waals surface area contributed by atoms with E-state index in [1.165, 1.54) is 17.9 Å². The van der Waals surface area contributed by atoms with E-state index in [1.54, 1.807) is 48.5 Å². The third-order valence-electron chi connectivity index (χ3n) is 4.04. The Kier molecular flexibility index (Phi) is 5.95. The molecule has 1 atom stereocenters. The van der Waals surface area contributed by atoms with Crippen molar-refractivity contribution in [2.24, 2.45) is 0 Å². The highest BCUT2D eigenvalue weighted by atomic mass is 35.5. The fourth-order valence-electron chi connectivity index (χ4n) is 2.55. The summed E-state index contributed by atoms with van der Waals surface area (Å²) in [5.41, 5.74) is 0.936. The summed E-state index contributed by atoms with van der Waals surface area (Å²) in [6.07, 6.45) is 0.422. The Morgan fingerprint density at radius 3 is 2.38 bits per heavy atom. The first-order valence-corrected chi connectivity index (χ1v) is 9.21. The van der Waals surface area contributed by atoms with Crippen molar-refractivity contribution in [3.05, 3.63) is 64.7 Å². The van der Waals surface area contributed by atoms with Crippen LogP contribution in [0.15, 0.2) is 54.1 Å². The highest BCUT2D eigenvalue weighted by Crippen LogP contribution is 2.24. The maximum Gasteiger partial charge on any atom is 0.344 e. The maximum absolute atomic E-state index is 12.9. The van der Waals surface area contributed by atoms with Gasteiger partial charge in [0.05, 0.1) is 5.69 Å². The summed E-state index contributed by atoms with van der Waals surface area (Å²) in [4.78, 5) is 37.3. The van der Waals surface area contributed by atoms with Crippen LogP contribution in [0.1, 0.15) is 12.5 Å². The molecule has 3 rings (SSSR count). The Hall–Kier alpha value is -3.23. The molecule has 29 heavy (non-hydrogen) atoms. The van der Waals surface area contributed by atoms with E-state index in [1.807, 2.05) is 0 Å². The van der Waals surface area contributed by atoms with Gasteiger partial charge in [0.15, 0.2) is 11.2 Å². The number of hydrogen-bond donors (Lipinski definition) is 2. The molecule has 1 aliphatic heterocycles. The lowest BCUT2D eigenvalue weighted by molar-refractivity contribution is -0.144. The molecular formula is C20H15ClN2O5S. The van der Waals surface area contributed by atoms with Gasteiger partial charge in [0.2, 0.25) is 0 Å². The number of benzene rings is 2. The van der Waals surface area contributed by atoms with Crippen molar-refractivity contribution < 1.29 is 24.2 Å². The van der Waals surface area contributed by atoms with Crippen molar-refractivity contribution >= 4 is 58.5 Å². The topological polar surface area (TPSA) is 95.9 Å². The molecular weight excluding hydrogens is 416 g/mol. The van der Waals surface area contributed by atoms with Crippen LogP contribution in [0, 0.1) is 0 Å². The molecule has 7 nitrogen and oxygen atoms in total. The van der Waals surface area contributed by atoms with E-state index in [2.05, 4.69) is 5.32 Å². The van der Waals surface area contributed by atoms with Gasteiger partial charge in [0, 0.05) is 5.02 Å². The number of halogens is 1. The number of carboxylic acid groups (broad SMARTS) is 1. The van der Waals surface area contributed by atoms with Crippen LogP contribution in [-0.2, 0) is 14.4 Å². The van der Waals surface area contributed by atoms with Gasteiger partial charge in [-0.05, 0) is 67.2 Å². The number of rotatable bonds is 5. The Morgan fingerprint density at radius 2 is 1.79 bits per heavy atom. The van der Waals surface area contributed by atoms with E-state index in [0.29, 0.717) is 22.0 Å². The summed E-state index contributed by atoms with van der Waals surface area (Å²) in [6.45, 7) is 1.41. The van der Waals surface area contributed by atoms with Crippen LogP contribution < -0.4 is 15.0 Å². The first kappa shape index (κ1) is 20.5. The first-order chi connectivity index (χ1) is 13.8. The minimum absolute atomic E-state index is 0.0223. The molecule has 0 radical (unpaired) electrons. The Morgan fingerprint density at radius 1 is 1.17 bits per heavy atom. The zero-order chi connectivity index (χ0) is 21.1. The number of carboxylic acids is 1. The van der Waals surface area contributed by atoms with Crippen molar-refractivity contribution in [3.8, 4) is 5.75 Å². The molecule has 0 spiro atoms. The second-order valence-corrected chi connectivity index (χ2v) is 6.92. The first-order valence-electron chi connectivity index (χ1n) is 8.43. The van der Waals surface area contributed by atoms with Crippen molar-refractivity contribution in [2.75, 3.05) is 4.90 Å². The molecule has 2 aromatic carbocycles. The van der Waals surface area contributed by atoms with E-state index in [-0.39, 0.29) is 10.7 Å². The molecule has 0 bridgehead atoms. The standard InChI is InChI=1S/C20H15ClN2O5S/c1-11(19(26)27)28-15-8-2-12(3-9-15)10-16-17(24)22-20(29)23(18(16)25)14-6-4-13(21)5-7-14/h2-11H,1H3,(H,26,27)(H,22,24,29)/b16-10+/t11-/m1/s1. The Bertz CT molecular complexity index is 1020. The quantitative estimate of drug-likeness (QED) is 0.430. The van der Waals surface area contributed by atoms with Crippen LogP contribution in [0.3, 0.4) is 0 Å². The molecule has 0 aromatic heterocycles. The van der Waals surface area contributed by atoms with Crippen LogP contribution in [-0.4, -0.2) is 34.1 Å². The van der Waals surface area contributed by atoms with Crippen molar-refractivity contribution in [2.45, 2.75) is 13.0 Å². The largest absolute Gasteiger partial charge is 0.479 e. The molecule has 0 saturated carbocycles. The summed E-state index contributed by atoms with van der Waals surface area (Å²) in [5.74, 6) is -1.91. The Labute approximate surface area is 176 Å². The van der Waals surface area contributed by atoms with Gasteiger partial charge >= 0.3 is 5.97 Å². The third-order valence-corrected chi connectivity index (χ3v) is 4.57. The zero-order valence-electron chi connectivity index (χ0n) is 15.1. The van der Waals surface area contributed by atoms with Gasteiger partial charge in [-0.2, -0.15) is 0 Å². The van der Waals surface area contributed by atoms with Gasteiger partial charge in [-0.1, -0.05) is 23.7 Å². The molecule has 0 unspecified atom stereocenters. The molecule has 0 aliphatic carbocycles. The number of carbonyl (C=O) groups is 3. The van der Waals surface area contributed by atoms with Crippen LogP contribution in [0.2, 0.25) is 5.02 Å². The van der Waals surface area contributed by atoms with E-state index in [9.17, 15) is 14.4 Å². The minimum atomic E-state index is -1.08. The monoisotopic (exact) mass is 430 g/mol. The van der Waals surface area contributed by atoms with Crippen molar-refractivity contribution in [3.63, 3.8) is 0 Å². The highest BCUT2D eigenvalue weighted by Gasteiger charge is 2.34. The maximum atomic E-state index is 12.9. The van der Waals surface area contributed by atoms with Gasteiger partial charge in [-0.3, -0.25) is 19.8 Å². The molecule has 2 amide bonds. The van der Waals surface area contributed by atoms with Crippen molar-refractivity contribution in [1.82, 2.24) is 5.32 Å². The van der Waals surface area contributed by atoms with Crippen molar-refractivity contribution in [1.29, 1.82) is 0 Å². The lowest BCUT2D eigenvalue weighted by Gasteiger charge is -2.28. The normalized spacial score (nSPS) is 16.6. The summed E-state index contributed by atoms with van der Waals surface area (Å²) in [7, 11) is 0. The number of amides is 2. The molecule has 148 valence electrons. The smallest absolute Gasteiger partial charge is 0.344 e. The summed E-state index contributed by atoms with van der Waals surface area (Å²) in [5, 5.41) is 11.9. The average Bonchev–Trinajstić information content (AvgIpc) is 2.67. The number of thiocarbonyl (C=S) groups is 1. The summed E-state index contributed by atoms with van der Waals surface area (Å²) < 4.78 is 5.26. The van der Waals surface area contributed by atoms with Crippen LogP contribution in [0.5, 0.6) is 5.75 Å². The second kappa shape index (κ2) is 8.42. The summed E-state index contributed by atoms with van der Waals surface area (Å²) in [6, 6.07) is 12.8. The number of aliphatic carboxylic acids is 1. The molecule has 2 aromatic rings. The van der Waals surface area contributed by atoms with Crippen LogP contribution >= 0.6 is 23.8 Å². The highest BCUT2D eigenvalue weighted by molar-refractivity contribution is 7.80. The van der Waals surface area contributed by atoms with Crippen LogP contribution in [0.25, 0.3) is 6.08 Å². The predicted octanol–water partition coefficient (Wildman–Crippen LogP) is 3.02. The molecule has 1 heterocycles. The number of anilines is 1. The number of carbonyl (C=O) groups excluding carboxylic acids is 2. The fourth-order valence-corrected chi connectivity index (χ4v) is 2.95. The molecule has 1 fully saturated rings. The van der Waals surface area contributed by atoms with E-state index in [0.717, 1.165) is 0 Å². The number of ether oxygens (including phenoxy) is 1. The molecule has 1 saturated heterocycles. The molecule has 1 aliphatic rings. The molecule has 9 heteroatoms. The summed E-state index contributed by atoms with van der Waals surface area (Å²) >= 11 is 11.0. The lowest BCUT2D eigenvalue weighted by atomic mass is 10.1. The fraction of sp³-hybridized carbons (Fsp3) is 0.100. The van der Waals surface area contributed by atoms with Gasteiger partial charge in [0.1, 0.15) is 11.3 Å². The van der Waals surface area contributed by atoms with Gasteiger partial charge in [-0.25, -0.2) is 4.79 Å². The predicted molar refractivity (Wildman–Crippen MR) is 112 cm³/mol. The van der Waals surface area contributed by atoms with E-state index in [4.69, 9.17) is 33.7 Å². The number of nitrogens with zero attached hydrogens (tertiary/aromatic N) is 1. The minimum Gasteiger partial charge on any atom is -0.479 e. The van der Waals surface area contributed by atoms with Crippen LogP contribution in [0.4, 0.5) is 5.69 Å². The van der Waals surface area contributed by atoms with E-state index >= 15 is 0 Å². The van der Waals surface area contributed by atoms with Gasteiger partial charge < -0.3 is 9.84 Å². The molecule has 2 N–H and O–H groups in total.